The van der Waals surface area contributed by atoms with Crippen molar-refractivity contribution in [1.82, 2.24) is 0 Å². The van der Waals surface area contributed by atoms with Gasteiger partial charge >= 0.3 is 0 Å². The van der Waals surface area contributed by atoms with Gasteiger partial charge < -0.3 is 4.74 Å². The molecule has 0 spiro atoms. The molecule has 1 fully saturated rings. The van der Waals surface area contributed by atoms with E-state index in [2.05, 4.69) is 20.4 Å². The number of hydrogen-bond donors (Lipinski definition) is 0. The molecule has 1 nitrogen and oxygen atoms in total. The van der Waals surface area contributed by atoms with E-state index in [0.29, 0.717) is 12.0 Å². The summed E-state index contributed by atoms with van der Waals surface area (Å²) in [7, 11) is 0. The molecule has 88 valence electrons. The Bertz CT molecular complexity index is 149. The fraction of sp³-hybridized carbons (Fsp3) is 0.846. The van der Waals surface area contributed by atoms with Crippen molar-refractivity contribution in [2.24, 2.45) is 5.92 Å². The van der Waals surface area contributed by atoms with Crippen LogP contribution in [0, 0.1) is 5.92 Å². The van der Waals surface area contributed by atoms with E-state index in [4.69, 9.17) is 4.74 Å². The molecule has 0 heterocycles. The van der Waals surface area contributed by atoms with Gasteiger partial charge in [0.05, 0.1) is 11.9 Å². The van der Waals surface area contributed by atoms with E-state index in [9.17, 15) is 0 Å². The largest absolute Gasteiger partial charge is 0.495 e. The average molecular weight is 202 g/mol. The zero-order chi connectivity index (χ0) is 8.97. The predicted molar refractivity (Wildman–Crippen MR) is 67.5 cm³/mol. The lowest BCUT2D eigenvalue weighted by atomic mass is 9.97. The highest BCUT2D eigenvalue weighted by Gasteiger charge is 2.15. The monoisotopic (exact) mass is 202 g/mol. The van der Waals surface area contributed by atoms with E-state index < -0.39 is 0 Å². The molecule has 1 aliphatic rings. The van der Waals surface area contributed by atoms with Crippen molar-refractivity contribution < 1.29 is 6.16 Å². The summed E-state index contributed by atoms with van der Waals surface area (Å²) in [4.78, 5) is 0. The van der Waals surface area contributed by atoms with Crippen LogP contribution in [0.3, 0.4) is 0 Å². The normalized spacial score (nSPS) is 16.8. The van der Waals surface area contributed by atoms with Gasteiger partial charge in [0, 0.05) is 7.34 Å². The predicted octanol–water partition coefficient (Wildman–Crippen LogP) is 5.02. The Kier molecular flexibility index (Phi) is 9.02. The summed E-state index contributed by atoms with van der Waals surface area (Å²) in [6.45, 7) is 8.19. The Morgan fingerprint density at radius 2 is 1.71 bits per heavy atom. The van der Waals surface area contributed by atoms with Gasteiger partial charge in [0.1, 0.15) is 0 Å². The molecular weight excluding hydrogens is 172 g/mol. The summed E-state index contributed by atoms with van der Waals surface area (Å²) in [5, 5.41) is 0. The second-order valence-electron chi connectivity index (χ2n) is 4.00. The van der Waals surface area contributed by atoms with Gasteiger partial charge in [-0.3, -0.25) is 0 Å². The van der Waals surface area contributed by atoms with Gasteiger partial charge in [0.2, 0.25) is 0 Å². The molecular formula is C13H30O. The highest BCUT2D eigenvalue weighted by Crippen LogP contribution is 2.23. The molecule has 0 unspecified atom stereocenters. The van der Waals surface area contributed by atoms with Crippen LogP contribution in [0.15, 0.2) is 12.3 Å². The van der Waals surface area contributed by atoms with Crippen LogP contribution < -0.4 is 0 Å². The molecule has 0 radical (unpaired) electrons. The molecule has 1 heteroatoms. The highest BCUT2D eigenvalue weighted by atomic mass is 16.5. The third-order valence-corrected chi connectivity index (χ3v) is 2.51. The van der Waals surface area contributed by atoms with Crippen LogP contribution in [0.2, 0.25) is 0 Å². The topological polar surface area (TPSA) is 9.23 Å². The smallest absolute Gasteiger partial charge is 0.0982 e. The van der Waals surface area contributed by atoms with Crippen LogP contribution in [0.25, 0.3) is 0 Å². The van der Waals surface area contributed by atoms with E-state index >= 15 is 0 Å². The van der Waals surface area contributed by atoms with Crippen molar-refractivity contribution in [2.45, 2.75) is 66.9 Å². The van der Waals surface area contributed by atoms with Crippen molar-refractivity contribution in [2.75, 3.05) is 0 Å². The van der Waals surface area contributed by atoms with Crippen LogP contribution in [0.1, 0.15) is 62.2 Å². The highest BCUT2D eigenvalue weighted by molar-refractivity contribution is 4.88. The SMILES string of the molecule is C.C.C=C(OC1CCCCC1)C(C)C.[HH]. The Morgan fingerprint density at radius 3 is 2.14 bits per heavy atom. The van der Waals surface area contributed by atoms with Crippen molar-refractivity contribution in [3.63, 3.8) is 0 Å². The lowest BCUT2D eigenvalue weighted by Crippen LogP contribution is -2.17. The third-order valence-electron chi connectivity index (χ3n) is 2.51. The van der Waals surface area contributed by atoms with E-state index in [1.165, 1.54) is 32.1 Å². The van der Waals surface area contributed by atoms with Crippen molar-refractivity contribution in [1.29, 1.82) is 0 Å². The maximum absolute atomic E-state index is 5.76. The van der Waals surface area contributed by atoms with E-state index in [1.54, 1.807) is 0 Å². The Balaban J connectivity index is -0.000000480. The Morgan fingerprint density at radius 1 is 1.21 bits per heavy atom. The molecule has 1 saturated carbocycles. The van der Waals surface area contributed by atoms with Crippen LogP contribution in [-0.4, -0.2) is 6.10 Å². The van der Waals surface area contributed by atoms with Crippen LogP contribution in [-0.2, 0) is 4.74 Å². The number of rotatable bonds is 3. The van der Waals surface area contributed by atoms with Gasteiger partial charge in [-0.2, -0.15) is 0 Å². The average Bonchev–Trinajstić information content (AvgIpc) is 2.06. The van der Waals surface area contributed by atoms with E-state index in [1.807, 2.05) is 0 Å². The Labute approximate surface area is 92.0 Å². The van der Waals surface area contributed by atoms with Crippen LogP contribution >= 0.6 is 0 Å². The Hall–Kier alpha value is -0.460. The first-order chi connectivity index (χ1) is 5.70. The summed E-state index contributed by atoms with van der Waals surface area (Å²) in [6.07, 6.45) is 6.96. The second kappa shape index (κ2) is 7.90. The summed E-state index contributed by atoms with van der Waals surface area (Å²) in [5.74, 6) is 1.42. The van der Waals surface area contributed by atoms with Gasteiger partial charge in [0.25, 0.3) is 0 Å². The number of hydrogen-bond acceptors (Lipinski definition) is 1. The van der Waals surface area contributed by atoms with Crippen molar-refractivity contribution in [3.05, 3.63) is 12.3 Å². The lowest BCUT2D eigenvalue weighted by molar-refractivity contribution is 0.0687. The van der Waals surface area contributed by atoms with Gasteiger partial charge in [-0.1, -0.05) is 41.7 Å². The molecule has 0 saturated heterocycles. The fourth-order valence-corrected chi connectivity index (χ4v) is 1.53. The quantitative estimate of drug-likeness (QED) is 0.584. The fourth-order valence-electron chi connectivity index (χ4n) is 1.53. The van der Waals surface area contributed by atoms with Gasteiger partial charge in [0.15, 0.2) is 0 Å². The number of ether oxygens (including phenoxy) is 1. The van der Waals surface area contributed by atoms with Gasteiger partial charge in [-0.05, 0) is 25.7 Å². The van der Waals surface area contributed by atoms with Crippen LogP contribution in [0.4, 0.5) is 0 Å². The molecule has 0 aromatic rings. The molecule has 1 rings (SSSR count). The molecule has 14 heavy (non-hydrogen) atoms. The molecule has 0 amide bonds. The summed E-state index contributed by atoms with van der Waals surface area (Å²) >= 11 is 0. The maximum atomic E-state index is 5.76. The van der Waals surface area contributed by atoms with Crippen molar-refractivity contribution in [3.8, 4) is 0 Å². The van der Waals surface area contributed by atoms with Crippen LogP contribution in [0.5, 0.6) is 0 Å². The second-order valence-corrected chi connectivity index (χ2v) is 4.00. The minimum absolute atomic E-state index is 0. The molecule has 0 aromatic heterocycles. The first kappa shape index (κ1) is 16.0. The van der Waals surface area contributed by atoms with E-state index in [-0.39, 0.29) is 16.3 Å². The molecule has 0 bridgehead atoms. The van der Waals surface area contributed by atoms with E-state index in [0.717, 1.165) is 5.76 Å². The summed E-state index contributed by atoms with van der Waals surface area (Å²) < 4.78 is 5.76. The lowest BCUT2D eigenvalue weighted by Gasteiger charge is -2.25. The minimum Gasteiger partial charge on any atom is -0.495 e. The third kappa shape index (κ3) is 5.31. The maximum Gasteiger partial charge on any atom is 0.0982 e. The number of allylic oxidation sites excluding steroid dienone is 1. The van der Waals surface area contributed by atoms with Gasteiger partial charge in [-0.25, -0.2) is 0 Å². The molecule has 0 aliphatic heterocycles. The molecule has 1 aliphatic carbocycles. The summed E-state index contributed by atoms with van der Waals surface area (Å²) in [6, 6.07) is 0. The minimum atomic E-state index is 0. The summed E-state index contributed by atoms with van der Waals surface area (Å²) in [5.41, 5.74) is 0. The molecule has 0 N–H and O–H groups in total. The molecule has 0 aromatic carbocycles. The van der Waals surface area contributed by atoms with Gasteiger partial charge in [-0.15, -0.1) is 0 Å². The zero-order valence-electron chi connectivity index (χ0n) is 8.31. The standard InChI is InChI=1S/C11H20O.2CH4.H2/c1-9(2)10(3)12-11-7-5-4-6-8-11;;;/h9,11H,3-8H2,1-2H3;2*1H4;1H. The van der Waals surface area contributed by atoms with Crippen molar-refractivity contribution >= 4 is 0 Å². The molecule has 0 atom stereocenters. The zero-order valence-corrected chi connectivity index (χ0v) is 8.31. The first-order valence-corrected chi connectivity index (χ1v) is 5.05. The first-order valence-electron chi connectivity index (χ1n) is 5.05.